The fourth-order valence-electron chi connectivity index (χ4n) is 2.00. The summed E-state index contributed by atoms with van der Waals surface area (Å²) in [4.78, 5) is 2.25. The zero-order chi connectivity index (χ0) is 11.1. The number of nitrogens with zero attached hydrogens (tertiary/aromatic N) is 1. The smallest absolute Gasteiger partial charge is 0.0192 e. The van der Waals surface area contributed by atoms with Gasteiger partial charge in [0.15, 0.2) is 0 Å². The van der Waals surface area contributed by atoms with Crippen LogP contribution in [0.1, 0.15) is 32.6 Å². The molecule has 1 aliphatic heterocycles. The van der Waals surface area contributed by atoms with E-state index in [0.717, 1.165) is 6.54 Å². The van der Waals surface area contributed by atoms with E-state index in [1.807, 2.05) is 0 Å². The zero-order valence-corrected chi connectivity index (χ0v) is 10.6. The molecule has 1 rings (SSSR count). The van der Waals surface area contributed by atoms with Gasteiger partial charge < -0.3 is 15.5 Å². The number of nitrogens with one attached hydrogen (secondary N) is 2. The van der Waals surface area contributed by atoms with Crippen LogP contribution in [-0.4, -0.2) is 50.7 Å². The molecule has 0 bridgehead atoms. The van der Waals surface area contributed by atoms with Crippen molar-refractivity contribution in [1.82, 2.24) is 15.5 Å². The topological polar surface area (TPSA) is 27.3 Å². The standard InChI is InChI=1S/C12H27N3/c1-11(7-9-15(2)3)14-10-12-6-4-5-8-13-12/h11-14H,4-10H2,1-3H3. The molecule has 3 nitrogen and oxygen atoms in total. The summed E-state index contributed by atoms with van der Waals surface area (Å²) in [5.74, 6) is 0. The molecule has 1 aliphatic rings. The lowest BCUT2D eigenvalue weighted by Gasteiger charge is -2.26. The third kappa shape index (κ3) is 6.13. The Kier molecular flexibility index (Phi) is 6.22. The van der Waals surface area contributed by atoms with Gasteiger partial charge in [-0.2, -0.15) is 0 Å². The first kappa shape index (κ1) is 12.9. The van der Waals surface area contributed by atoms with E-state index in [1.165, 1.54) is 38.8 Å². The predicted octanol–water partition coefficient (Wildman–Crippen LogP) is 1.06. The van der Waals surface area contributed by atoms with E-state index < -0.39 is 0 Å². The van der Waals surface area contributed by atoms with Gasteiger partial charge in [-0.25, -0.2) is 0 Å². The highest BCUT2D eigenvalue weighted by Crippen LogP contribution is 2.06. The SMILES string of the molecule is CC(CCN(C)C)NCC1CCCCN1. The Labute approximate surface area is 94.6 Å². The van der Waals surface area contributed by atoms with Gasteiger partial charge in [0.2, 0.25) is 0 Å². The lowest BCUT2D eigenvalue weighted by Crippen LogP contribution is -2.44. The van der Waals surface area contributed by atoms with E-state index in [0.29, 0.717) is 12.1 Å². The minimum absolute atomic E-state index is 0.635. The van der Waals surface area contributed by atoms with Crippen molar-refractivity contribution in [2.24, 2.45) is 0 Å². The van der Waals surface area contributed by atoms with Crippen molar-refractivity contribution in [3.05, 3.63) is 0 Å². The second-order valence-electron chi connectivity index (χ2n) is 5.05. The Balaban J connectivity index is 2.02. The van der Waals surface area contributed by atoms with Crippen LogP contribution in [0.3, 0.4) is 0 Å². The number of hydrogen-bond acceptors (Lipinski definition) is 3. The first-order valence-electron chi connectivity index (χ1n) is 6.30. The van der Waals surface area contributed by atoms with E-state index in [1.54, 1.807) is 0 Å². The van der Waals surface area contributed by atoms with Gasteiger partial charge in [0.1, 0.15) is 0 Å². The first-order valence-corrected chi connectivity index (χ1v) is 6.30. The second-order valence-corrected chi connectivity index (χ2v) is 5.05. The van der Waals surface area contributed by atoms with Crippen LogP contribution in [0.4, 0.5) is 0 Å². The zero-order valence-electron chi connectivity index (χ0n) is 10.6. The average molecular weight is 213 g/mol. The van der Waals surface area contributed by atoms with Crippen molar-refractivity contribution in [3.63, 3.8) is 0 Å². The quantitative estimate of drug-likeness (QED) is 0.691. The van der Waals surface area contributed by atoms with E-state index in [-0.39, 0.29) is 0 Å². The van der Waals surface area contributed by atoms with Gasteiger partial charge in [-0.05, 0) is 53.4 Å². The monoisotopic (exact) mass is 213 g/mol. The van der Waals surface area contributed by atoms with Gasteiger partial charge in [-0.3, -0.25) is 0 Å². The highest BCUT2D eigenvalue weighted by molar-refractivity contribution is 4.76. The summed E-state index contributed by atoms with van der Waals surface area (Å²) in [7, 11) is 4.27. The van der Waals surface area contributed by atoms with Crippen molar-refractivity contribution in [3.8, 4) is 0 Å². The highest BCUT2D eigenvalue weighted by Gasteiger charge is 2.12. The summed E-state index contributed by atoms with van der Waals surface area (Å²) >= 11 is 0. The molecule has 0 aliphatic carbocycles. The molecule has 90 valence electrons. The van der Waals surface area contributed by atoms with Crippen LogP contribution < -0.4 is 10.6 Å². The summed E-state index contributed by atoms with van der Waals surface area (Å²) in [5.41, 5.74) is 0. The van der Waals surface area contributed by atoms with Gasteiger partial charge >= 0.3 is 0 Å². The largest absolute Gasteiger partial charge is 0.313 e. The predicted molar refractivity (Wildman–Crippen MR) is 66.3 cm³/mol. The number of rotatable bonds is 6. The van der Waals surface area contributed by atoms with Crippen molar-refractivity contribution >= 4 is 0 Å². The molecule has 15 heavy (non-hydrogen) atoms. The summed E-state index contributed by atoms with van der Waals surface area (Å²) in [6.07, 6.45) is 5.32. The molecule has 1 saturated heterocycles. The molecule has 0 saturated carbocycles. The lowest BCUT2D eigenvalue weighted by molar-refractivity contribution is 0.338. The Morgan fingerprint density at radius 2 is 2.20 bits per heavy atom. The minimum Gasteiger partial charge on any atom is -0.313 e. The molecule has 2 unspecified atom stereocenters. The molecule has 2 atom stereocenters. The van der Waals surface area contributed by atoms with Gasteiger partial charge in [0.05, 0.1) is 0 Å². The minimum atomic E-state index is 0.635. The molecular weight excluding hydrogens is 186 g/mol. The Morgan fingerprint density at radius 1 is 1.40 bits per heavy atom. The maximum atomic E-state index is 3.62. The summed E-state index contributed by atoms with van der Waals surface area (Å²) < 4.78 is 0. The molecule has 0 aromatic carbocycles. The fourth-order valence-corrected chi connectivity index (χ4v) is 2.00. The van der Waals surface area contributed by atoms with Gasteiger partial charge in [-0.15, -0.1) is 0 Å². The molecular formula is C12H27N3. The van der Waals surface area contributed by atoms with Crippen LogP contribution in [0.5, 0.6) is 0 Å². The van der Waals surface area contributed by atoms with Gasteiger partial charge in [-0.1, -0.05) is 6.42 Å². The normalized spacial score (nSPS) is 24.4. The van der Waals surface area contributed by atoms with Crippen molar-refractivity contribution < 1.29 is 0 Å². The number of hydrogen-bond donors (Lipinski definition) is 2. The summed E-state index contributed by atoms with van der Waals surface area (Å²) in [6.45, 7) is 5.80. The van der Waals surface area contributed by atoms with Crippen molar-refractivity contribution in [1.29, 1.82) is 0 Å². The summed E-state index contributed by atoms with van der Waals surface area (Å²) in [5, 5.41) is 7.18. The molecule has 1 fully saturated rings. The third-order valence-electron chi connectivity index (χ3n) is 3.13. The van der Waals surface area contributed by atoms with E-state index in [4.69, 9.17) is 0 Å². The number of piperidine rings is 1. The van der Waals surface area contributed by atoms with E-state index in [9.17, 15) is 0 Å². The maximum Gasteiger partial charge on any atom is 0.0192 e. The van der Waals surface area contributed by atoms with Crippen molar-refractivity contribution in [2.45, 2.75) is 44.7 Å². The molecule has 0 radical (unpaired) electrons. The lowest BCUT2D eigenvalue weighted by atomic mass is 10.0. The molecule has 1 heterocycles. The van der Waals surface area contributed by atoms with E-state index >= 15 is 0 Å². The molecule has 0 spiro atoms. The van der Waals surface area contributed by atoms with Gasteiger partial charge in [0.25, 0.3) is 0 Å². The summed E-state index contributed by atoms with van der Waals surface area (Å²) in [6, 6.07) is 1.34. The van der Waals surface area contributed by atoms with Crippen molar-refractivity contribution in [2.75, 3.05) is 33.7 Å². The first-order chi connectivity index (χ1) is 7.18. The molecule has 3 heteroatoms. The van der Waals surface area contributed by atoms with Crippen LogP contribution in [-0.2, 0) is 0 Å². The maximum absolute atomic E-state index is 3.62. The van der Waals surface area contributed by atoms with Gasteiger partial charge in [0, 0.05) is 18.6 Å². The molecule has 2 N–H and O–H groups in total. The molecule has 0 amide bonds. The second kappa shape index (κ2) is 7.20. The molecule has 0 aromatic rings. The van der Waals surface area contributed by atoms with Crippen LogP contribution in [0, 0.1) is 0 Å². The average Bonchev–Trinajstić information content (AvgIpc) is 2.25. The third-order valence-corrected chi connectivity index (χ3v) is 3.13. The van der Waals surface area contributed by atoms with Crippen LogP contribution in [0.2, 0.25) is 0 Å². The molecule has 0 aromatic heterocycles. The Hall–Kier alpha value is -0.120. The fraction of sp³-hybridized carbons (Fsp3) is 1.00. The van der Waals surface area contributed by atoms with Crippen LogP contribution >= 0.6 is 0 Å². The Morgan fingerprint density at radius 3 is 2.80 bits per heavy atom. The van der Waals surface area contributed by atoms with E-state index in [2.05, 4.69) is 36.6 Å². The van der Waals surface area contributed by atoms with Crippen LogP contribution in [0.25, 0.3) is 0 Å². The van der Waals surface area contributed by atoms with Crippen LogP contribution in [0.15, 0.2) is 0 Å². The highest BCUT2D eigenvalue weighted by atomic mass is 15.1. The Bertz CT molecular complexity index is 153.